The Balaban J connectivity index is 5.00. The number of ketones is 2. The third-order valence-electron chi connectivity index (χ3n) is 5.81. The van der Waals surface area contributed by atoms with Crippen LogP contribution in [-0.2, 0) is 19.2 Å². The first kappa shape index (κ1) is 34.1. The summed E-state index contributed by atoms with van der Waals surface area (Å²) in [6.07, 6.45) is 4.65. The molecule has 11 nitrogen and oxygen atoms in total. The Bertz CT molecular complexity index is 519. The van der Waals surface area contributed by atoms with Gasteiger partial charge in [0, 0.05) is 97.4 Å². The van der Waals surface area contributed by atoms with Crippen molar-refractivity contribution >= 4 is 23.4 Å². The van der Waals surface area contributed by atoms with Crippen molar-refractivity contribution in [3.63, 3.8) is 0 Å². The summed E-state index contributed by atoms with van der Waals surface area (Å²) >= 11 is 0. The van der Waals surface area contributed by atoms with E-state index in [1.807, 2.05) is 6.92 Å². The summed E-state index contributed by atoms with van der Waals surface area (Å²) in [6, 6.07) is 0. The van der Waals surface area contributed by atoms with E-state index in [4.69, 9.17) is 17.2 Å². The number of nitrogens with one attached hydrogen (secondary N) is 2. The van der Waals surface area contributed by atoms with Crippen molar-refractivity contribution in [3.8, 4) is 0 Å². The normalized spacial score (nSPS) is 11.2. The van der Waals surface area contributed by atoms with Gasteiger partial charge >= 0.3 is 0 Å². The molecule has 0 atom stereocenters. The summed E-state index contributed by atoms with van der Waals surface area (Å²) in [6.45, 7) is 7.87. The molecule has 0 saturated carbocycles. The van der Waals surface area contributed by atoms with Crippen molar-refractivity contribution in [1.82, 2.24) is 20.4 Å². The topological polar surface area (TPSA) is 177 Å². The number of rotatable bonds is 25. The Hall–Kier alpha value is -1.92. The van der Waals surface area contributed by atoms with Gasteiger partial charge in [-0.15, -0.1) is 0 Å². The highest BCUT2D eigenvalue weighted by molar-refractivity contribution is 5.79. The van der Waals surface area contributed by atoms with Crippen LogP contribution in [0.2, 0.25) is 0 Å². The Kier molecular flexibility index (Phi) is 22.2. The van der Waals surface area contributed by atoms with Crippen LogP contribution in [0.5, 0.6) is 0 Å². The average molecular weight is 514 g/mol. The standard InChI is InChI=1S/C25H51N7O4/c1-2-14-29-24(35)9-18-32(19-10-25(36)30-15-13-28)21-20-31(16-7-22(33)5-3-11-26)17-8-23(34)6-4-12-27/h2-21,26-28H2,1H3,(H,29,35)(H,30,36). The lowest BCUT2D eigenvalue weighted by Gasteiger charge is -2.27. The zero-order valence-corrected chi connectivity index (χ0v) is 22.4. The van der Waals surface area contributed by atoms with Crippen LogP contribution in [-0.4, -0.2) is 105 Å². The summed E-state index contributed by atoms with van der Waals surface area (Å²) in [5.74, 6) is 0.248. The summed E-state index contributed by atoms with van der Waals surface area (Å²) in [7, 11) is 0. The van der Waals surface area contributed by atoms with Gasteiger partial charge in [0.05, 0.1) is 0 Å². The minimum absolute atomic E-state index is 0.0118. The minimum Gasteiger partial charge on any atom is -0.356 e. The third-order valence-corrected chi connectivity index (χ3v) is 5.81. The highest BCUT2D eigenvalue weighted by Gasteiger charge is 2.15. The first-order valence-corrected chi connectivity index (χ1v) is 13.5. The molecular formula is C25H51N7O4. The second-order valence-electron chi connectivity index (χ2n) is 9.03. The van der Waals surface area contributed by atoms with Gasteiger partial charge in [0.1, 0.15) is 11.6 Å². The molecule has 8 N–H and O–H groups in total. The van der Waals surface area contributed by atoms with Crippen LogP contribution in [0.1, 0.15) is 64.7 Å². The summed E-state index contributed by atoms with van der Waals surface area (Å²) in [5.41, 5.74) is 16.5. The minimum atomic E-state index is -0.0752. The molecule has 2 amide bonds. The van der Waals surface area contributed by atoms with Crippen LogP contribution in [0.25, 0.3) is 0 Å². The van der Waals surface area contributed by atoms with Gasteiger partial charge in [-0.25, -0.2) is 0 Å². The van der Waals surface area contributed by atoms with Crippen LogP contribution < -0.4 is 27.8 Å². The van der Waals surface area contributed by atoms with Crippen LogP contribution in [0.15, 0.2) is 0 Å². The van der Waals surface area contributed by atoms with E-state index in [9.17, 15) is 19.2 Å². The first-order chi connectivity index (χ1) is 17.4. The van der Waals surface area contributed by atoms with E-state index >= 15 is 0 Å². The molecule has 0 aromatic carbocycles. The van der Waals surface area contributed by atoms with Crippen molar-refractivity contribution in [3.05, 3.63) is 0 Å². The lowest BCUT2D eigenvalue weighted by atomic mass is 10.1. The van der Waals surface area contributed by atoms with Crippen molar-refractivity contribution in [2.24, 2.45) is 17.2 Å². The molecule has 0 saturated heterocycles. The molecule has 0 aliphatic heterocycles. The van der Waals surface area contributed by atoms with E-state index < -0.39 is 0 Å². The van der Waals surface area contributed by atoms with E-state index in [1.54, 1.807) is 0 Å². The Morgan fingerprint density at radius 2 is 0.972 bits per heavy atom. The zero-order valence-electron chi connectivity index (χ0n) is 22.4. The van der Waals surface area contributed by atoms with E-state index in [-0.39, 0.29) is 23.4 Å². The predicted molar refractivity (Wildman–Crippen MR) is 143 cm³/mol. The molecule has 11 heteroatoms. The largest absolute Gasteiger partial charge is 0.356 e. The molecule has 210 valence electrons. The maximum absolute atomic E-state index is 12.2. The van der Waals surface area contributed by atoms with Crippen molar-refractivity contribution in [1.29, 1.82) is 0 Å². The molecule has 0 bridgehead atoms. The molecule has 0 aliphatic carbocycles. The number of carbonyl (C=O) groups excluding carboxylic acids is 4. The highest BCUT2D eigenvalue weighted by Crippen LogP contribution is 2.04. The molecule has 0 aromatic rings. The molecule has 0 fully saturated rings. The van der Waals surface area contributed by atoms with E-state index in [0.29, 0.717) is 123 Å². The monoisotopic (exact) mass is 513 g/mol. The van der Waals surface area contributed by atoms with Gasteiger partial charge in [-0.05, 0) is 32.4 Å². The van der Waals surface area contributed by atoms with Gasteiger partial charge in [0.15, 0.2) is 0 Å². The van der Waals surface area contributed by atoms with Crippen LogP contribution in [0.4, 0.5) is 0 Å². The fourth-order valence-electron chi connectivity index (χ4n) is 3.54. The molecule has 0 rings (SSSR count). The number of nitrogens with zero attached hydrogens (tertiary/aromatic N) is 2. The fourth-order valence-corrected chi connectivity index (χ4v) is 3.54. The predicted octanol–water partition coefficient (Wildman–Crippen LogP) is -0.632. The Morgan fingerprint density at radius 3 is 1.36 bits per heavy atom. The van der Waals surface area contributed by atoms with E-state index in [2.05, 4.69) is 20.4 Å². The number of hydrogen-bond acceptors (Lipinski definition) is 9. The second kappa shape index (κ2) is 23.5. The number of carbonyl (C=O) groups is 4. The second-order valence-corrected chi connectivity index (χ2v) is 9.03. The number of amides is 2. The molecule has 0 heterocycles. The van der Waals surface area contributed by atoms with Crippen LogP contribution in [0, 0.1) is 0 Å². The number of nitrogens with two attached hydrogens (primary N) is 3. The number of Topliss-reactive ketones (excluding diaryl/α,β-unsaturated/α-hetero) is 2. The van der Waals surface area contributed by atoms with Crippen LogP contribution in [0.3, 0.4) is 0 Å². The molecule has 0 unspecified atom stereocenters. The molecule has 0 aromatic heterocycles. The number of hydrogen-bond donors (Lipinski definition) is 5. The Labute approximate surface area is 217 Å². The zero-order chi connectivity index (χ0) is 27.0. The smallest absolute Gasteiger partial charge is 0.221 e. The van der Waals surface area contributed by atoms with Gasteiger partial charge in [0.2, 0.25) is 11.8 Å². The first-order valence-electron chi connectivity index (χ1n) is 13.5. The van der Waals surface area contributed by atoms with Gasteiger partial charge < -0.3 is 37.6 Å². The van der Waals surface area contributed by atoms with Gasteiger partial charge in [-0.2, -0.15) is 0 Å². The maximum Gasteiger partial charge on any atom is 0.221 e. The van der Waals surface area contributed by atoms with Crippen LogP contribution >= 0.6 is 0 Å². The van der Waals surface area contributed by atoms with Gasteiger partial charge in [-0.3, -0.25) is 19.2 Å². The highest BCUT2D eigenvalue weighted by atomic mass is 16.2. The lowest BCUT2D eigenvalue weighted by Crippen LogP contribution is -2.40. The average Bonchev–Trinajstić information content (AvgIpc) is 2.88. The summed E-state index contributed by atoms with van der Waals surface area (Å²) in [5, 5.41) is 5.65. The summed E-state index contributed by atoms with van der Waals surface area (Å²) in [4.78, 5) is 52.8. The third kappa shape index (κ3) is 20.3. The summed E-state index contributed by atoms with van der Waals surface area (Å²) < 4.78 is 0. The van der Waals surface area contributed by atoms with Crippen molar-refractivity contribution < 1.29 is 19.2 Å². The van der Waals surface area contributed by atoms with E-state index in [0.717, 1.165) is 6.42 Å². The van der Waals surface area contributed by atoms with Crippen molar-refractivity contribution in [2.45, 2.75) is 64.7 Å². The SMILES string of the molecule is CCCNC(=O)CCN(CCC(=O)NCCN)CCN(CCC(=O)CCCN)CCC(=O)CCCN. The van der Waals surface area contributed by atoms with Crippen molar-refractivity contribution in [2.75, 3.05) is 72.0 Å². The Morgan fingerprint density at radius 1 is 0.556 bits per heavy atom. The quantitative estimate of drug-likeness (QED) is 0.106. The molecule has 0 spiro atoms. The van der Waals surface area contributed by atoms with Gasteiger partial charge in [-0.1, -0.05) is 6.92 Å². The molecular weight excluding hydrogens is 462 g/mol. The molecule has 36 heavy (non-hydrogen) atoms. The lowest BCUT2D eigenvalue weighted by molar-refractivity contribution is -0.122. The molecule has 0 radical (unpaired) electrons. The van der Waals surface area contributed by atoms with Gasteiger partial charge in [0.25, 0.3) is 0 Å². The maximum atomic E-state index is 12.2. The molecule has 0 aliphatic rings. The fraction of sp³-hybridized carbons (Fsp3) is 0.840. The van der Waals surface area contributed by atoms with E-state index in [1.165, 1.54) is 0 Å².